The smallest absolute Gasteiger partial charge is 0.128 e. The van der Waals surface area contributed by atoms with Gasteiger partial charge in [-0.1, -0.05) is 11.6 Å². The third-order valence-electron chi connectivity index (χ3n) is 2.94. The normalized spacial score (nSPS) is 17.5. The maximum absolute atomic E-state index is 8.12. The van der Waals surface area contributed by atoms with E-state index in [1.54, 1.807) is 0 Å². The van der Waals surface area contributed by atoms with E-state index in [9.17, 15) is 0 Å². The van der Waals surface area contributed by atoms with E-state index in [0.29, 0.717) is 5.84 Å². The van der Waals surface area contributed by atoms with Crippen molar-refractivity contribution in [3.8, 4) is 0 Å². The highest BCUT2D eigenvalue weighted by Gasteiger charge is 2.17. The van der Waals surface area contributed by atoms with Crippen LogP contribution in [0.5, 0.6) is 0 Å². The number of nitrogens with zero attached hydrogens (tertiary/aromatic N) is 2. The largest absolute Gasteiger partial charge is 0.354 e. The molecule has 1 aliphatic rings. The molecule has 1 aromatic carbocycles. The SMILES string of the molecule is CN1CCN(C(=N)c2ccc(Cl)cc2)CC1. The van der Waals surface area contributed by atoms with E-state index in [0.717, 1.165) is 36.8 Å². The fourth-order valence-corrected chi connectivity index (χ4v) is 1.95. The molecule has 0 unspecified atom stereocenters. The maximum Gasteiger partial charge on any atom is 0.128 e. The number of halogens is 1. The molecule has 16 heavy (non-hydrogen) atoms. The average Bonchev–Trinajstić information content (AvgIpc) is 2.30. The highest BCUT2D eigenvalue weighted by atomic mass is 35.5. The molecule has 1 heterocycles. The van der Waals surface area contributed by atoms with Gasteiger partial charge in [0.15, 0.2) is 0 Å². The van der Waals surface area contributed by atoms with Gasteiger partial charge < -0.3 is 9.80 Å². The van der Waals surface area contributed by atoms with Gasteiger partial charge in [0.25, 0.3) is 0 Å². The van der Waals surface area contributed by atoms with Gasteiger partial charge in [0, 0.05) is 36.8 Å². The summed E-state index contributed by atoms with van der Waals surface area (Å²) in [6.07, 6.45) is 0. The van der Waals surface area contributed by atoms with Crippen LogP contribution < -0.4 is 0 Å². The van der Waals surface area contributed by atoms with Crippen molar-refractivity contribution in [1.82, 2.24) is 9.80 Å². The predicted octanol–water partition coefficient (Wildman–Crippen LogP) is 1.91. The highest BCUT2D eigenvalue weighted by Crippen LogP contribution is 2.12. The average molecular weight is 238 g/mol. The molecule has 0 atom stereocenters. The van der Waals surface area contributed by atoms with Gasteiger partial charge in [-0.3, -0.25) is 5.41 Å². The third kappa shape index (κ3) is 2.54. The van der Waals surface area contributed by atoms with Crippen molar-refractivity contribution < 1.29 is 0 Å². The lowest BCUT2D eigenvalue weighted by Gasteiger charge is -2.34. The van der Waals surface area contributed by atoms with Crippen molar-refractivity contribution in [2.45, 2.75) is 0 Å². The molecule has 1 aromatic rings. The topological polar surface area (TPSA) is 30.3 Å². The number of hydrogen-bond acceptors (Lipinski definition) is 2. The van der Waals surface area contributed by atoms with E-state index in [4.69, 9.17) is 17.0 Å². The monoisotopic (exact) mass is 237 g/mol. The van der Waals surface area contributed by atoms with E-state index in [-0.39, 0.29) is 0 Å². The second-order valence-electron chi connectivity index (χ2n) is 4.15. The number of piperazine rings is 1. The summed E-state index contributed by atoms with van der Waals surface area (Å²) in [5, 5.41) is 8.84. The summed E-state index contributed by atoms with van der Waals surface area (Å²) in [5.74, 6) is 0.602. The van der Waals surface area contributed by atoms with Gasteiger partial charge in [-0.15, -0.1) is 0 Å². The minimum atomic E-state index is 0.602. The van der Waals surface area contributed by atoms with E-state index < -0.39 is 0 Å². The first-order valence-electron chi connectivity index (χ1n) is 5.45. The minimum Gasteiger partial charge on any atom is -0.354 e. The second kappa shape index (κ2) is 4.85. The van der Waals surface area contributed by atoms with Gasteiger partial charge in [0.1, 0.15) is 5.84 Å². The number of hydrogen-bond donors (Lipinski definition) is 1. The molecule has 0 spiro atoms. The Kier molecular flexibility index (Phi) is 3.46. The van der Waals surface area contributed by atoms with Crippen molar-refractivity contribution in [2.75, 3.05) is 33.2 Å². The van der Waals surface area contributed by atoms with Crippen LogP contribution in [0.15, 0.2) is 24.3 Å². The zero-order valence-corrected chi connectivity index (χ0v) is 10.2. The standard InChI is InChI=1S/C12H16ClN3/c1-15-6-8-16(9-7-15)12(14)10-2-4-11(13)5-3-10/h2-5,14H,6-9H2,1H3. The lowest BCUT2D eigenvalue weighted by atomic mass is 10.2. The van der Waals surface area contributed by atoms with Crippen LogP contribution >= 0.6 is 11.6 Å². The molecule has 0 bridgehead atoms. The Morgan fingerprint density at radius 2 is 1.69 bits per heavy atom. The van der Waals surface area contributed by atoms with Crippen LogP contribution in [0.25, 0.3) is 0 Å². The summed E-state index contributed by atoms with van der Waals surface area (Å²) < 4.78 is 0. The Morgan fingerprint density at radius 1 is 1.12 bits per heavy atom. The number of likely N-dealkylation sites (N-methyl/N-ethyl adjacent to an activating group) is 1. The van der Waals surface area contributed by atoms with Crippen molar-refractivity contribution in [1.29, 1.82) is 5.41 Å². The molecule has 0 aromatic heterocycles. The summed E-state index contributed by atoms with van der Waals surface area (Å²) in [5.41, 5.74) is 0.939. The van der Waals surface area contributed by atoms with Crippen molar-refractivity contribution in [3.05, 3.63) is 34.9 Å². The number of rotatable bonds is 1. The van der Waals surface area contributed by atoms with Gasteiger partial charge in [-0.2, -0.15) is 0 Å². The first kappa shape index (κ1) is 11.4. The Bertz CT molecular complexity index is 366. The molecule has 1 saturated heterocycles. The molecule has 2 rings (SSSR count). The van der Waals surface area contributed by atoms with Crippen LogP contribution in [0, 0.1) is 5.41 Å². The fourth-order valence-electron chi connectivity index (χ4n) is 1.82. The molecule has 0 saturated carbocycles. The Balaban J connectivity index is 2.05. The minimum absolute atomic E-state index is 0.602. The van der Waals surface area contributed by atoms with Gasteiger partial charge in [0.05, 0.1) is 0 Å². The first-order chi connectivity index (χ1) is 7.66. The molecule has 0 radical (unpaired) electrons. The molecule has 86 valence electrons. The number of amidine groups is 1. The van der Waals surface area contributed by atoms with Crippen LogP contribution in [0.3, 0.4) is 0 Å². The summed E-state index contributed by atoms with van der Waals surface area (Å²) in [7, 11) is 2.11. The first-order valence-corrected chi connectivity index (χ1v) is 5.82. The van der Waals surface area contributed by atoms with E-state index in [1.807, 2.05) is 24.3 Å². The Labute approximate surface area is 101 Å². The van der Waals surface area contributed by atoms with Crippen LogP contribution in [0.1, 0.15) is 5.56 Å². The molecule has 0 amide bonds. The lowest BCUT2D eigenvalue weighted by Crippen LogP contribution is -2.47. The number of benzene rings is 1. The van der Waals surface area contributed by atoms with E-state index in [2.05, 4.69) is 16.8 Å². The highest BCUT2D eigenvalue weighted by molar-refractivity contribution is 6.30. The summed E-state index contributed by atoms with van der Waals surface area (Å²) >= 11 is 5.83. The molecule has 1 aliphatic heterocycles. The molecule has 3 nitrogen and oxygen atoms in total. The van der Waals surface area contributed by atoms with Gasteiger partial charge in [-0.25, -0.2) is 0 Å². The zero-order valence-electron chi connectivity index (χ0n) is 9.41. The Morgan fingerprint density at radius 3 is 2.25 bits per heavy atom. The van der Waals surface area contributed by atoms with E-state index >= 15 is 0 Å². The van der Waals surface area contributed by atoms with Crippen molar-refractivity contribution in [2.24, 2.45) is 0 Å². The van der Waals surface area contributed by atoms with Crippen LogP contribution in [-0.4, -0.2) is 48.9 Å². The molecule has 4 heteroatoms. The maximum atomic E-state index is 8.12. The molecular weight excluding hydrogens is 222 g/mol. The van der Waals surface area contributed by atoms with Gasteiger partial charge >= 0.3 is 0 Å². The van der Waals surface area contributed by atoms with E-state index in [1.165, 1.54) is 0 Å². The lowest BCUT2D eigenvalue weighted by molar-refractivity contribution is 0.215. The summed E-state index contributed by atoms with van der Waals surface area (Å²) in [6.45, 7) is 3.90. The molecule has 1 N–H and O–H groups in total. The number of nitrogens with one attached hydrogen (secondary N) is 1. The molecule has 0 aliphatic carbocycles. The molecular formula is C12H16ClN3. The zero-order chi connectivity index (χ0) is 11.5. The summed E-state index contributed by atoms with van der Waals surface area (Å²) in [6, 6.07) is 7.48. The van der Waals surface area contributed by atoms with Crippen molar-refractivity contribution >= 4 is 17.4 Å². The van der Waals surface area contributed by atoms with Crippen LogP contribution in [-0.2, 0) is 0 Å². The Hall–Kier alpha value is -1.06. The fraction of sp³-hybridized carbons (Fsp3) is 0.417. The predicted molar refractivity (Wildman–Crippen MR) is 67.4 cm³/mol. The molecule has 1 fully saturated rings. The second-order valence-corrected chi connectivity index (χ2v) is 4.58. The van der Waals surface area contributed by atoms with Gasteiger partial charge in [-0.05, 0) is 31.3 Å². The van der Waals surface area contributed by atoms with Crippen molar-refractivity contribution in [3.63, 3.8) is 0 Å². The van der Waals surface area contributed by atoms with Gasteiger partial charge in [0.2, 0.25) is 0 Å². The quantitative estimate of drug-likeness (QED) is 0.598. The third-order valence-corrected chi connectivity index (χ3v) is 3.19. The van der Waals surface area contributed by atoms with Crippen LogP contribution in [0.4, 0.5) is 0 Å². The summed E-state index contributed by atoms with van der Waals surface area (Å²) in [4.78, 5) is 4.40. The van der Waals surface area contributed by atoms with Crippen LogP contribution in [0.2, 0.25) is 5.02 Å².